The van der Waals surface area contributed by atoms with Crippen LogP contribution in [0.25, 0.3) is 0 Å². The monoisotopic (exact) mass is 212 g/mol. The second-order valence-corrected chi connectivity index (χ2v) is 3.83. The highest BCUT2D eigenvalue weighted by Crippen LogP contribution is 2.14. The van der Waals surface area contributed by atoms with Crippen molar-refractivity contribution in [3.8, 4) is 0 Å². The Kier molecular flexibility index (Phi) is 3.95. The van der Waals surface area contributed by atoms with Gasteiger partial charge in [-0.2, -0.15) is 0 Å². The standard InChI is InChI=1S/C12H14F2O/c1-8(2)11(15)7-6-9-4-3-5-10(13)12(9)14/h3-5,8H,6-7H2,1-2H3. The third-order valence-corrected chi connectivity index (χ3v) is 2.32. The van der Waals surface area contributed by atoms with Gasteiger partial charge in [-0.25, -0.2) is 8.78 Å². The Morgan fingerprint density at radius 1 is 1.33 bits per heavy atom. The van der Waals surface area contributed by atoms with Gasteiger partial charge in [-0.05, 0) is 18.1 Å². The summed E-state index contributed by atoms with van der Waals surface area (Å²) in [5.41, 5.74) is 0.268. The van der Waals surface area contributed by atoms with Gasteiger partial charge in [0, 0.05) is 12.3 Å². The maximum atomic E-state index is 13.2. The van der Waals surface area contributed by atoms with E-state index in [-0.39, 0.29) is 30.1 Å². The van der Waals surface area contributed by atoms with Crippen molar-refractivity contribution in [1.29, 1.82) is 0 Å². The minimum absolute atomic E-state index is 0.0541. The topological polar surface area (TPSA) is 17.1 Å². The van der Waals surface area contributed by atoms with E-state index in [1.165, 1.54) is 12.1 Å². The molecular formula is C12H14F2O. The van der Waals surface area contributed by atoms with Gasteiger partial charge in [-0.15, -0.1) is 0 Å². The average molecular weight is 212 g/mol. The van der Waals surface area contributed by atoms with E-state index in [0.29, 0.717) is 0 Å². The molecule has 0 N–H and O–H groups in total. The van der Waals surface area contributed by atoms with E-state index in [9.17, 15) is 13.6 Å². The van der Waals surface area contributed by atoms with Crippen molar-refractivity contribution in [3.05, 3.63) is 35.4 Å². The van der Waals surface area contributed by atoms with Gasteiger partial charge in [-0.1, -0.05) is 26.0 Å². The van der Waals surface area contributed by atoms with Gasteiger partial charge < -0.3 is 0 Å². The highest BCUT2D eigenvalue weighted by Gasteiger charge is 2.11. The predicted molar refractivity (Wildman–Crippen MR) is 54.5 cm³/mol. The largest absolute Gasteiger partial charge is 0.299 e. The van der Waals surface area contributed by atoms with Crippen LogP contribution in [0.1, 0.15) is 25.8 Å². The summed E-state index contributed by atoms with van der Waals surface area (Å²) in [6.07, 6.45) is 0.526. The van der Waals surface area contributed by atoms with Crippen molar-refractivity contribution in [2.75, 3.05) is 0 Å². The van der Waals surface area contributed by atoms with E-state index in [1.54, 1.807) is 13.8 Å². The molecule has 0 aliphatic carbocycles. The van der Waals surface area contributed by atoms with Crippen LogP contribution >= 0.6 is 0 Å². The van der Waals surface area contributed by atoms with Crippen LogP contribution in [0.3, 0.4) is 0 Å². The zero-order valence-corrected chi connectivity index (χ0v) is 8.89. The second-order valence-electron chi connectivity index (χ2n) is 3.83. The summed E-state index contributed by atoms with van der Waals surface area (Å²) in [6, 6.07) is 4.03. The van der Waals surface area contributed by atoms with Gasteiger partial charge in [0.05, 0.1) is 0 Å². The smallest absolute Gasteiger partial charge is 0.162 e. The molecule has 1 aromatic rings. The molecule has 0 bridgehead atoms. The molecule has 0 aliphatic rings. The quantitative estimate of drug-likeness (QED) is 0.749. The lowest BCUT2D eigenvalue weighted by Crippen LogP contribution is -2.08. The zero-order chi connectivity index (χ0) is 11.4. The van der Waals surface area contributed by atoms with Crippen LogP contribution in [-0.4, -0.2) is 5.78 Å². The third-order valence-electron chi connectivity index (χ3n) is 2.32. The lowest BCUT2D eigenvalue weighted by Gasteiger charge is -2.05. The number of hydrogen-bond donors (Lipinski definition) is 0. The van der Waals surface area contributed by atoms with Gasteiger partial charge in [0.2, 0.25) is 0 Å². The molecule has 0 amide bonds. The summed E-state index contributed by atoms with van der Waals surface area (Å²) in [5.74, 6) is -1.68. The van der Waals surface area contributed by atoms with Crippen molar-refractivity contribution in [2.24, 2.45) is 5.92 Å². The van der Waals surface area contributed by atoms with Crippen LogP contribution in [0.4, 0.5) is 8.78 Å². The number of Topliss-reactive ketones (excluding diaryl/α,β-unsaturated/α-hetero) is 1. The van der Waals surface area contributed by atoms with Crippen molar-refractivity contribution in [1.82, 2.24) is 0 Å². The van der Waals surface area contributed by atoms with E-state index in [4.69, 9.17) is 0 Å². The number of carbonyl (C=O) groups is 1. The predicted octanol–water partition coefficient (Wildman–Crippen LogP) is 3.12. The molecule has 0 spiro atoms. The highest BCUT2D eigenvalue weighted by atomic mass is 19.2. The van der Waals surface area contributed by atoms with E-state index < -0.39 is 11.6 Å². The van der Waals surface area contributed by atoms with E-state index in [1.807, 2.05) is 0 Å². The van der Waals surface area contributed by atoms with Gasteiger partial charge >= 0.3 is 0 Å². The molecule has 82 valence electrons. The van der Waals surface area contributed by atoms with Gasteiger partial charge in [0.25, 0.3) is 0 Å². The molecule has 0 fully saturated rings. The fourth-order valence-corrected chi connectivity index (χ4v) is 1.29. The molecule has 1 nitrogen and oxygen atoms in total. The summed E-state index contributed by atoms with van der Waals surface area (Å²) in [4.78, 5) is 11.3. The van der Waals surface area contributed by atoms with E-state index in [0.717, 1.165) is 6.07 Å². The number of ketones is 1. The fraction of sp³-hybridized carbons (Fsp3) is 0.417. The Bertz CT molecular complexity index is 359. The lowest BCUT2D eigenvalue weighted by molar-refractivity contribution is -0.121. The average Bonchev–Trinajstić information content (AvgIpc) is 2.19. The number of halogens is 2. The molecular weight excluding hydrogens is 198 g/mol. The number of benzene rings is 1. The molecule has 1 aromatic carbocycles. The van der Waals surface area contributed by atoms with E-state index >= 15 is 0 Å². The van der Waals surface area contributed by atoms with Crippen molar-refractivity contribution >= 4 is 5.78 Å². The Morgan fingerprint density at radius 3 is 2.60 bits per heavy atom. The molecule has 0 radical (unpaired) electrons. The Balaban J connectivity index is 2.66. The molecule has 0 saturated carbocycles. The number of aryl methyl sites for hydroxylation is 1. The Labute approximate surface area is 88.1 Å². The molecule has 0 atom stereocenters. The second kappa shape index (κ2) is 5.01. The molecule has 15 heavy (non-hydrogen) atoms. The van der Waals surface area contributed by atoms with Crippen LogP contribution in [0.15, 0.2) is 18.2 Å². The fourth-order valence-electron chi connectivity index (χ4n) is 1.29. The summed E-state index contributed by atoms with van der Waals surface area (Å²) in [5, 5.41) is 0. The van der Waals surface area contributed by atoms with Gasteiger partial charge in [-0.3, -0.25) is 4.79 Å². The SMILES string of the molecule is CC(C)C(=O)CCc1cccc(F)c1F. The lowest BCUT2D eigenvalue weighted by atomic mass is 10.0. The van der Waals surface area contributed by atoms with Gasteiger partial charge in [0.15, 0.2) is 11.6 Å². The summed E-state index contributed by atoms with van der Waals surface area (Å²) in [6.45, 7) is 3.59. The first-order chi connectivity index (χ1) is 7.02. The molecule has 0 aliphatic heterocycles. The summed E-state index contributed by atoms with van der Waals surface area (Å²) < 4.78 is 26.0. The molecule has 0 aromatic heterocycles. The first kappa shape index (κ1) is 11.8. The normalized spacial score (nSPS) is 10.7. The Hall–Kier alpha value is -1.25. The summed E-state index contributed by atoms with van der Waals surface area (Å²) >= 11 is 0. The van der Waals surface area contributed by atoms with Crippen molar-refractivity contribution in [2.45, 2.75) is 26.7 Å². The summed E-state index contributed by atoms with van der Waals surface area (Å²) in [7, 11) is 0. The number of rotatable bonds is 4. The Morgan fingerprint density at radius 2 is 2.00 bits per heavy atom. The van der Waals surface area contributed by atoms with Crippen LogP contribution in [0.2, 0.25) is 0 Å². The minimum Gasteiger partial charge on any atom is -0.299 e. The molecule has 3 heteroatoms. The van der Waals surface area contributed by atoms with Crippen LogP contribution in [-0.2, 0) is 11.2 Å². The molecule has 0 saturated heterocycles. The number of carbonyl (C=O) groups excluding carboxylic acids is 1. The van der Waals surface area contributed by atoms with E-state index in [2.05, 4.69) is 0 Å². The van der Waals surface area contributed by atoms with Crippen LogP contribution in [0, 0.1) is 17.6 Å². The first-order valence-electron chi connectivity index (χ1n) is 4.98. The maximum absolute atomic E-state index is 13.2. The third kappa shape index (κ3) is 3.11. The highest BCUT2D eigenvalue weighted by molar-refractivity contribution is 5.80. The zero-order valence-electron chi connectivity index (χ0n) is 8.89. The first-order valence-corrected chi connectivity index (χ1v) is 4.98. The maximum Gasteiger partial charge on any atom is 0.162 e. The van der Waals surface area contributed by atoms with Crippen LogP contribution < -0.4 is 0 Å². The van der Waals surface area contributed by atoms with Crippen LogP contribution in [0.5, 0.6) is 0 Å². The number of hydrogen-bond acceptors (Lipinski definition) is 1. The molecule has 1 rings (SSSR count). The van der Waals surface area contributed by atoms with Crippen molar-refractivity contribution in [3.63, 3.8) is 0 Å². The molecule has 0 heterocycles. The molecule has 0 unspecified atom stereocenters. The minimum atomic E-state index is -0.857. The van der Waals surface area contributed by atoms with Crippen molar-refractivity contribution < 1.29 is 13.6 Å². The van der Waals surface area contributed by atoms with Gasteiger partial charge in [0.1, 0.15) is 5.78 Å².